The van der Waals surface area contributed by atoms with Crippen LogP contribution in [0.1, 0.15) is 19.3 Å². The molecule has 2 rings (SSSR count). The number of hydrogen-bond donors (Lipinski definition) is 1. The fraction of sp³-hybridized carbons (Fsp3) is 0.600. The molecule has 0 spiro atoms. The summed E-state index contributed by atoms with van der Waals surface area (Å²) >= 11 is 0. The third kappa shape index (κ3) is 4.62. The lowest BCUT2D eigenvalue weighted by atomic mass is 9.93. The largest absolute Gasteiger partial charge is 0.341 e. The van der Waals surface area contributed by atoms with Crippen LogP contribution >= 0.6 is 0 Å². The van der Waals surface area contributed by atoms with Gasteiger partial charge in [-0.15, -0.1) is 0 Å². The van der Waals surface area contributed by atoms with Crippen molar-refractivity contribution in [2.75, 3.05) is 26.7 Å². The number of likely N-dealkylation sites (tertiary alicyclic amines) is 1. The molecule has 0 atom stereocenters. The van der Waals surface area contributed by atoms with Crippen LogP contribution in [0.2, 0.25) is 0 Å². The quantitative estimate of drug-likeness (QED) is 0.611. The minimum atomic E-state index is -0.576. The van der Waals surface area contributed by atoms with Gasteiger partial charge in [-0.25, -0.2) is 0 Å². The molecule has 1 N–H and O–H groups in total. The molecular weight excluding hydrogens is 300 g/mol. The molecule has 8 nitrogen and oxygen atoms in total. The van der Waals surface area contributed by atoms with E-state index in [1.54, 1.807) is 4.90 Å². The summed E-state index contributed by atoms with van der Waals surface area (Å²) in [6.07, 6.45) is 4.14. The number of amides is 1. The van der Waals surface area contributed by atoms with Crippen molar-refractivity contribution in [1.29, 1.82) is 0 Å². The molecule has 0 saturated carbocycles. The number of pyridine rings is 1. The van der Waals surface area contributed by atoms with Crippen molar-refractivity contribution in [3.63, 3.8) is 0 Å². The Hall–Kier alpha value is -2.22. The Kier molecular flexibility index (Phi) is 5.86. The lowest BCUT2D eigenvalue weighted by Crippen LogP contribution is -2.41. The van der Waals surface area contributed by atoms with Crippen molar-refractivity contribution in [2.45, 2.75) is 25.8 Å². The van der Waals surface area contributed by atoms with Gasteiger partial charge >= 0.3 is 0 Å². The van der Waals surface area contributed by atoms with Crippen molar-refractivity contribution in [1.82, 2.24) is 14.8 Å². The minimum Gasteiger partial charge on any atom is -0.341 e. The predicted molar refractivity (Wildman–Crippen MR) is 85.2 cm³/mol. The first-order valence-electron chi connectivity index (χ1n) is 7.78. The normalized spacial score (nSPS) is 15.6. The zero-order chi connectivity index (χ0) is 16.8. The maximum Gasteiger partial charge on any atom is 0.285 e. The van der Waals surface area contributed by atoms with Crippen LogP contribution in [0, 0.1) is 16.0 Å². The van der Waals surface area contributed by atoms with E-state index >= 15 is 0 Å². The molecule has 0 aromatic carbocycles. The Bertz CT molecular complexity index is 620. The topological polar surface area (TPSA) is 97.5 Å². The van der Waals surface area contributed by atoms with Gasteiger partial charge in [0, 0.05) is 25.2 Å². The number of hydrogen-bond acceptors (Lipinski definition) is 5. The van der Waals surface area contributed by atoms with Gasteiger partial charge in [0.2, 0.25) is 5.91 Å². The van der Waals surface area contributed by atoms with Crippen LogP contribution in [-0.4, -0.2) is 47.0 Å². The van der Waals surface area contributed by atoms with Crippen molar-refractivity contribution < 1.29 is 9.72 Å². The standard InChI is InChI=1S/C15H22N4O4/c1-16-7-4-12-5-8-17(9-6-12)15(21)11-18-10-13(19(22)23)2-3-14(18)20/h2-3,10,12,16H,4-9,11H2,1H3. The summed E-state index contributed by atoms with van der Waals surface area (Å²) in [7, 11) is 1.93. The lowest BCUT2D eigenvalue weighted by Gasteiger charge is -2.32. The zero-order valence-electron chi connectivity index (χ0n) is 13.2. The van der Waals surface area contributed by atoms with Crippen LogP contribution in [0.4, 0.5) is 5.69 Å². The SMILES string of the molecule is CNCCC1CCN(C(=O)Cn2cc([N+](=O)[O-])ccc2=O)CC1. The smallest absolute Gasteiger partial charge is 0.285 e. The summed E-state index contributed by atoms with van der Waals surface area (Å²) in [6, 6.07) is 2.27. The Balaban J connectivity index is 1.94. The van der Waals surface area contributed by atoms with Gasteiger partial charge in [-0.05, 0) is 38.8 Å². The summed E-state index contributed by atoms with van der Waals surface area (Å²) in [5.41, 5.74) is -0.601. The molecule has 1 aromatic rings. The highest BCUT2D eigenvalue weighted by Crippen LogP contribution is 2.20. The molecule has 1 aromatic heterocycles. The lowest BCUT2D eigenvalue weighted by molar-refractivity contribution is -0.385. The highest BCUT2D eigenvalue weighted by molar-refractivity contribution is 5.76. The van der Waals surface area contributed by atoms with Gasteiger partial charge in [0.15, 0.2) is 0 Å². The molecule has 126 valence electrons. The molecule has 2 heterocycles. The average molecular weight is 322 g/mol. The van der Waals surface area contributed by atoms with Crippen LogP contribution in [0.25, 0.3) is 0 Å². The Labute approximate surface area is 134 Å². The molecule has 0 aliphatic carbocycles. The van der Waals surface area contributed by atoms with E-state index in [-0.39, 0.29) is 18.1 Å². The maximum atomic E-state index is 12.3. The molecule has 1 aliphatic rings. The van der Waals surface area contributed by atoms with Crippen molar-refractivity contribution in [3.05, 3.63) is 38.8 Å². The van der Waals surface area contributed by atoms with E-state index in [9.17, 15) is 19.7 Å². The van der Waals surface area contributed by atoms with E-state index in [4.69, 9.17) is 0 Å². The third-order valence-electron chi connectivity index (χ3n) is 4.25. The van der Waals surface area contributed by atoms with E-state index in [0.717, 1.165) is 48.7 Å². The second-order valence-electron chi connectivity index (χ2n) is 5.83. The molecule has 1 amide bonds. The van der Waals surface area contributed by atoms with Gasteiger partial charge in [0.1, 0.15) is 6.54 Å². The molecule has 8 heteroatoms. The van der Waals surface area contributed by atoms with E-state index in [2.05, 4.69) is 5.32 Å². The van der Waals surface area contributed by atoms with E-state index in [0.29, 0.717) is 19.0 Å². The molecular formula is C15H22N4O4. The van der Waals surface area contributed by atoms with Crippen LogP contribution in [0.15, 0.2) is 23.1 Å². The molecule has 1 aliphatic heterocycles. The molecule has 0 radical (unpaired) electrons. The number of carbonyl (C=O) groups is 1. The van der Waals surface area contributed by atoms with Crippen LogP contribution < -0.4 is 10.9 Å². The number of carbonyl (C=O) groups excluding carboxylic acids is 1. The first-order chi connectivity index (χ1) is 11.0. The van der Waals surface area contributed by atoms with Gasteiger partial charge in [0.05, 0.1) is 11.1 Å². The number of nitro groups is 1. The monoisotopic (exact) mass is 322 g/mol. The predicted octanol–water partition coefficient (Wildman–Crippen LogP) is 0.605. The van der Waals surface area contributed by atoms with Crippen LogP contribution in [-0.2, 0) is 11.3 Å². The first kappa shape index (κ1) is 17.1. The fourth-order valence-corrected chi connectivity index (χ4v) is 2.82. The maximum absolute atomic E-state index is 12.3. The highest BCUT2D eigenvalue weighted by atomic mass is 16.6. The van der Waals surface area contributed by atoms with Gasteiger partial charge in [-0.2, -0.15) is 0 Å². The summed E-state index contributed by atoms with van der Waals surface area (Å²) in [6.45, 7) is 2.18. The second-order valence-corrected chi connectivity index (χ2v) is 5.83. The van der Waals surface area contributed by atoms with Crippen molar-refractivity contribution >= 4 is 11.6 Å². The van der Waals surface area contributed by atoms with E-state index < -0.39 is 10.5 Å². The molecule has 0 bridgehead atoms. The molecule has 1 saturated heterocycles. The number of aromatic nitrogens is 1. The Morgan fingerprint density at radius 1 is 1.39 bits per heavy atom. The molecule has 1 fully saturated rings. The first-order valence-corrected chi connectivity index (χ1v) is 7.78. The summed E-state index contributed by atoms with van der Waals surface area (Å²) < 4.78 is 1.10. The van der Waals surface area contributed by atoms with Crippen LogP contribution in [0.5, 0.6) is 0 Å². The number of nitrogens with zero attached hydrogens (tertiary/aromatic N) is 3. The van der Waals surface area contributed by atoms with E-state index in [1.807, 2.05) is 7.05 Å². The molecule has 0 unspecified atom stereocenters. The van der Waals surface area contributed by atoms with Gasteiger partial charge in [-0.3, -0.25) is 24.3 Å². The zero-order valence-corrected chi connectivity index (χ0v) is 13.2. The number of piperidine rings is 1. The molecule has 23 heavy (non-hydrogen) atoms. The van der Waals surface area contributed by atoms with Gasteiger partial charge in [0.25, 0.3) is 11.2 Å². The Morgan fingerprint density at radius 3 is 2.70 bits per heavy atom. The van der Waals surface area contributed by atoms with E-state index in [1.165, 1.54) is 0 Å². The number of nitrogens with one attached hydrogen (secondary N) is 1. The Morgan fingerprint density at radius 2 is 2.09 bits per heavy atom. The highest BCUT2D eigenvalue weighted by Gasteiger charge is 2.23. The van der Waals surface area contributed by atoms with Crippen molar-refractivity contribution in [3.8, 4) is 0 Å². The van der Waals surface area contributed by atoms with Gasteiger partial charge < -0.3 is 10.2 Å². The van der Waals surface area contributed by atoms with Gasteiger partial charge in [-0.1, -0.05) is 0 Å². The average Bonchev–Trinajstić information content (AvgIpc) is 2.55. The summed E-state index contributed by atoms with van der Waals surface area (Å²) in [4.78, 5) is 36.0. The number of rotatable bonds is 6. The summed E-state index contributed by atoms with van der Waals surface area (Å²) in [5, 5.41) is 13.9. The second kappa shape index (κ2) is 7.87. The minimum absolute atomic E-state index is 0.151. The third-order valence-corrected chi connectivity index (χ3v) is 4.25. The fourth-order valence-electron chi connectivity index (χ4n) is 2.82. The van der Waals surface area contributed by atoms with Crippen molar-refractivity contribution in [2.24, 2.45) is 5.92 Å². The summed E-state index contributed by atoms with van der Waals surface area (Å²) in [5.74, 6) is 0.451. The van der Waals surface area contributed by atoms with Crippen LogP contribution in [0.3, 0.4) is 0 Å².